The van der Waals surface area contributed by atoms with Gasteiger partial charge in [-0.2, -0.15) is 0 Å². The van der Waals surface area contributed by atoms with Crippen LogP contribution in [0.4, 0.5) is 4.79 Å². The lowest BCUT2D eigenvalue weighted by Gasteiger charge is -2.32. The molecule has 3 N–H and O–H groups in total. The number of nitrogens with one attached hydrogen (secondary N) is 2. The highest BCUT2D eigenvalue weighted by Gasteiger charge is 2.36. The zero-order valence-corrected chi connectivity index (χ0v) is 11.8. The molecule has 0 saturated carbocycles. The van der Waals surface area contributed by atoms with Crippen LogP contribution < -0.4 is 10.6 Å². The van der Waals surface area contributed by atoms with Crippen LogP contribution in [0.2, 0.25) is 0 Å². The van der Waals surface area contributed by atoms with Crippen molar-refractivity contribution in [2.24, 2.45) is 0 Å². The van der Waals surface area contributed by atoms with E-state index in [0.717, 1.165) is 25.9 Å². The lowest BCUT2D eigenvalue weighted by atomic mass is 9.99. The van der Waals surface area contributed by atoms with Crippen molar-refractivity contribution in [2.75, 3.05) is 26.7 Å². The fourth-order valence-electron chi connectivity index (χ4n) is 3.09. The van der Waals surface area contributed by atoms with Gasteiger partial charge in [-0.15, -0.1) is 0 Å². The average Bonchev–Trinajstić information content (AvgIpc) is 2.82. The molecule has 2 aliphatic heterocycles. The number of carbonyl (C=O) groups is 2. The van der Waals surface area contributed by atoms with Crippen LogP contribution in [-0.2, 0) is 9.53 Å². The molecule has 0 aromatic heterocycles. The number of carboxylic acid groups (broad SMARTS) is 1. The number of nitrogens with zero attached hydrogens (tertiary/aromatic N) is 1. The zero-order valence-electron chi connectivity index (χ0n) is 11.8. The number of fused-ring (bicyclic) bond motifs is 1. The summed E-state index contributed by atoms with van der Waals surface area (Å²) in [7, 11) is 1.31. The Hall–Kier alpha value is -1.34. The molecule has 2 heterocycles. The van der Waals surface area contributed by atoms with Gasteiger partial charge in [0.15, 0.2) is 6.10 Å². The molecule has 0 aromatic carbocycles. The molecule has 2 saturated heterocycles. The monoisotopic (exact) mass is 285 g/mol. The van der Waals surface area contributed by atoms with Gasteiger partial charge in [0.1, 0.15) is 0 Å². The van der Waals surface area contributed by atoms with Crippen molar-refractivity contribution in [1.82, 2.24) is 15.5 Å². The number of amides is 2. The van der Waals surface area contributed by atoms with E-state index in [-0.39, 0.29) is 18.6 Å². The van der Waals surface area contributed by atoms with E-state index < -0.39 is 12.1 Å². The molecule has 2 fully saturated rings. The normalized spacial score (nSPS) is 27.6. The molecule has 7 nitrogen and oxygen atoms in total. The fourth-order valence-corrected chi connectivity index (χ4v) is 3.09. The minimum Gasteiger partial charge on any atom is -0.479 e. The smallest absolute Gasteiger partial charge is 0.334 e. The molecular formula is C13H23N3O4. The first kappa shape index (κ1) is 15.1. The van der Waals surface area contributed by atoms with Crippen LogP contribution in [0.25, 0.3) is 0 Å². The van der Waals surface area contributed by atoms with Crippen LogP contribution in [0.15, 0.2) is 0 Å². The van der Waals surface area contributed by atoms with E-state index in [1.807, 2.05) is 0 Å². The van der Waals surface area contributed by atoms with Crippen molar-refractivity contribution >= 4 is 12.0 Å². The number of urea groups is 1. The second-order valence-electron chi connectivity index (χ2n) is 5.41. The van der Waals surface area contributed by atoms with Gasteiger partial charge >= 0.3 is 12.0 Å². The molecule has 114 valence electrons. The van der Waals surface area contributed by atoms with Crippen LogP contribution in [0.5, 0.6) is 0 Å². The molecule has 2 aliphatic rings. The van der Waals surface area contributed by atoms with Crippen LogP contribution in [0.3, 0.4) is 0 Å². The van der Waals surface area contributed by atoms with E-state index >= 15 is 0 Å². The number of rotatable bonds is 5. The van der Waals surface area contributed by atoms with Crippen LogP contribution in [-0.4, -0.2) is 66.9 Å². The fraction of sp³-hybridized carbons (Fsp3) is 0.846. The topological polar surface area (TPSA) is 90.9 Å². The molecule has 0 spiro atoms. The second-order valence-corrected chi connectivity index (χ2v) is 5.41. The van der Waals surface area contributed by atoms with Gasteiger partial charge in [-0.25, -0.2) is 9.59 Å². The second kappa shape index (κ2) is 6.90. The number of hydrogen-bond acceptors (Lipinski definition) is 4. The van der Waals surface area contributed by atoms with Crippen molar-refractivity contribution in [3.63, 3.8) is 0 Å². The highest BCUT2D eigenvalue weighted by atomic mass is 16.5. The van der Waals surface area contributed by atoms with Gasteiger partial charge in [0.05, 0.1) is 6.54 Å². The lowest BCUT2D eigenvalue weighted by molar-refractivity contribution is -0.147. The van der Waals surface area contributed by atoms with Crippen LogP contribution in [0, 0.1) is 0 Å². The number of carboxylic acids is 1. The summed E-state index contributed by atoms with van der Waals surface area (Å²) in [4.78, 5) is 25.0. The summed E-state index contributed by atoms with van der Waals surface area (Å²) in [5.41, 5.74) is 0. The van der Waals surface area contributed by atoms with Crippen LogP contribution in [0.1, 0.15) is 25.7 Å². The molecule has 3 atom stereocenters. The van der Waals surface area contributed by atoms with Gasteiger partial charge in [-0.1, -0.05) is 6.42 Å². The molecule has 0 radical (unpaired) electrons. The number of ether oxygens (including phenoxy) is 1. The SMILES string of the molecule is COC(CNC(=O)NC1CCN2CCCCC12)C(=O)O. The molecule has 0 aromatic rings. The van der Waals surface area contributed by atoms with E-state index in [9.17, 15) is 9.59 Å². The van der Waals surface area contributed by atoms with E-state index in [2.05, 4.69) is 15.5 Å². The Labute approximate surface area is 118 Å². The molecular weight excluding hydrogens is 262 g/mol. The Kier molecular flexibility index (Phi) is 5.19. The first-order valence-corrected chi connectivity index (χ1v) is 7.16. The molecule has 7 heteroatoms. The molecule has 2 amide bonds. The summed E-state index contributed by atoms with van der Waals surface area (Å²) in [6, 6.07) is 0.291. The maximum atomic E-state index is 11.8. The van der Waals surface area contributed by atoms with Gasteiger partial charge in [-0.3, -0.25) is 4.90 Å². The van der Waals surface area contributed by atoms with E-state index in [1.54, 1.807) is 0 Å². The molecule has 0 aliphatic carbocycles. The number of piperidine rings is 1. The first-order chi connectivity index (χ1) is 9.61. The Balaban J connectivity index is 1.75. The van der Waals surface area contributed by atoms with Crippen molar-refractivity contribution in [1.29, 1.82) is 0 Å². The number of carbonyl (C=O) groups excluding carboxylic acids is 1. The molecule has 2 rings (SSSR count). The van der Waals surface area contributed by atoms with Gasteiger partial charge in [0.2, 0.25) is 0 Å². The summed E-state index contributed by atoms with van der Waals surface area (Å²) >= 11 is 0. The third-order valence-corrected chi connectivity index (χ3v) is 4.18. The molecule has 0 bridgehead atoms. The van der Waals surface area contributed by atoms with Gasteiger partial charge in [0, 0.05) is 25.7 Å². The first-order valence-electron chi connectivity index (χ1n) is 7.16. The van der Waals surface area contributed by atoms with Crippen LogP contribution >= 0.6 is 0 Å². The number of hydrogen-bond donors (Lipinski definition) is 3. The summed E-state index contributed by atoms with van der Waals surface area (Å²) < 4.78 is 4.77. The van der Waals surface area contributed by atoms with Crippen molar-refractivity contribution < 1.29 is 19.4 Å². The Bertz CT molecular complexity index is 364. The van der Waals surface area contributed by atoms with Crippen molar-refractivity contribution in [3.8, 4) is 0 Å². The predicted octanol–water partition coefficient (Wildman–Crippen LogP) is 0.0120. The minimum absolute atomic E-state index is 0.0290. The minimum atomic E-state index is -1.08. The maximum Gasteiger partial charge on any atom is 0.334 e. The molecule has 20 heavy (non-hydrogen) atoms. The van der Waals surface area contributed by atoms with E-state index in [1.165, 1.54) is 20.0 Å². The highest BCUT2D eigenvalue weighted by Crippen LogP contribution is 2.26. The summed E-state index contributed by atoms with van der Waals surface area (Å²) in [6.45, 7) is 2.12. The van der Waals surface area contributed by atoms with Crippen molar-refractivity contribution in [2.45, 2.75) is 43.9 Å². The quantitative estimate of drug-likeness (QED) is 0.662. The average molecular weight is 285 g/mol. The summed E-state index contributed by atoms with van der Waals surface area (Å²) in [5, 5.41) is 14.3. The Morgan fingerprint density at radius 2 is 2.15 bits per heavy atom. The number of methoxy groups -OCH3 is 1. The predicted molar refractivity (Wildman–Crippen MR) is 72.6 cm³/mol. The van der Waals surface area contributed by atoms with Crippen molar-refractivity contribution in [3.05, 3.63) is 0 Å². The highest BCUT2D eigenvalue weighted by molar-refractivity contribution is 5.77. The zero-order chi connectivity index (χ0) is 14.5. The lowest BCUT2D eigenvalue weighted by Crippen LogP contribution is -2.51. The number of aliphatic carboxylic acids is 1. The largest absolute Gasteiger partial charge is 0.479 e. The van der Waals surface area contributed by atoms with E-state index in [4.69, 9.17) is 9.84 Å². The Morgan fingerprint density at radius 3 is 2.85 bits per heavy atom. The van der Waals surface area contributed by atoms with Gasteiger partial charge in [0.25, 0.3) is 0 Å². The third-order valence-electron chi connectivity index (χ3n) is 4.18. The van der Waals surface area contributed by atoms with Gasteiger partial charge in [-0.05, 0) is 25.8 Å². The standard InChI is InChI=1S/C13H23N3O4/c1-20-11(12(17)18)8-14-13(19)15-9-5-7-16-6-3-2-4-10(9)16/h9-11H,2-8H2,1H3,(H,17,18)(H2,14,15,19). The summed E-state index contributed by atoms with van der Waals surface area (Å²) in [6.07, 6.45) is 3.54. The maximum absolute atomic E-state index is 11.8. The van der Waals surface area contributed by atoms with Gasteiger partial charge < -0.3 is 20.5 Å². The van der Waals surface area contributed by atoms with E-state index in [0.29, 0.717) is 6.04 Å². The third kappa shape index (κ3) is 3.61. The summed E-state index contributed by atoms with van der Waals surface area (Å²) in [5.74, 6) is -1.08. The Morgan fingerprint density at radius 1 is 1.35 bits per heavy atom. The molecule has 3 unspecified atom stereocenters.